The predicted octanol–water partition coefficient (Wildman–Crippen LogP) is 7.14. The zero-order chi connectivity index (χ0) is 30.3. The molecule has 12 heteroatoms. The number of carbonyl (C=O) groups is 2. The normalized spacial score (nSPS) is 12.1. The summed E-state index contributed by atoms with van der Waals surface area (Å²) >= 11 is 24.9. The second-order valence-corrected chi connectivity index (χ2v) is 13.1. The van der Waals surface area contributed by atoms with Crippen LogP contribution >= 0.6 is 46.4 Å². The van der Waals surface area contributed by atoms with E-state index in [4.69, 9.17) is 46.4 Å². The number of hydrogen-bond acceptors (Lipinski definition) is 4. The van der Waals surface area contributed by atoms with Gasteiger partial charge in [-0.15, -0.1) is 0 Å². The van der Waals surface area contributed by atoms with Crippen molar-refractivity contribution in [1.82, 2.24) is 10.2 Å². The molecule has 0 bridgehead atoms. The van der Waals surface area contributed by atoms with Crippen LogP contribution in [-0.4, -0.2) is 44.3 Å². The molecule has 41 heavy (non-hydrogen) atoms. The molecule has 0 saturated carbocycles. The number of nitrogens with one attached hydrogen (secondary N) is 1. The molecule has 220 valence electrons. The Balaban J connectivity index is 2.06. The summed E-state index contributed by atoms with van der Waals surface area (Å²) < 4.78 is 28.8. The van der Waals surface area contributed by atoms with Crippen LogP contribution in [0.15, 0.2) is 65.6 Å². The SMILES string of the molecule is CCCCNC(=O)C(C)N(Cc1ccc(Cl)cc1Cl)C(=O)CN(c1cc(Cl)cc(Cl)c1)S(=O)(=O)c1ccc(C)cc1. The molecule has 7 nitrogen and oxygen atoms in total. The molecular weight excluding hydrogens is 628 g/mol. The lowest BCUT2D eigenvalue weighted by Crippen LogP contribution is -2.51. The Morgan fingerprint density at radius 3 is 2.12 bits per heavy atom. The number of nitrogens with zero attached hydrogens (tertiary/aromatic N) is 2. The van der Waals surface area contributed by atoms with Gasteiger partial charge < -0.3 is 10.2 Å². The van der Waals surface area contributed by atoms with Crippen LogP contribution < -0.4 is 9.62 Å². The monoisotopic (exact) mass is 657 g/mol. The molecule has 1 unspecified atom stereocenters. The van der Waals surface area contributed by atoms with Crippen molar-refractivity contribution in [2.45, 2.75) is 51.1 Å². The Morgan fingerprint density at radius 2 is 1.54 bits per heavy atom. The largest absolute Gasteiger partial charge is 0.354 e. The number of anilines is 1. The van der Waals surface area contributed by atoms with Crippen molar-refractivity contribution in [2.75, 3.05) is 17.4 Å². The summed E-state index contributed by atoms with van der Waals surface area (Å²) in [6.45, 7) is 5.16. The zero-order valence-electron chi connectivity index (χ0n) is 22.8. The van der Waals surface area contributed by atoms with Crippen molar-refractivity contribution < 1.29 is 18.0 Å². The van der Waals surface area contributed by atoms with Gasteiger partial charge in [-0.05, 0) is 68.3 Å². The highest BCUT2D eigenvalue weighted by atomic mass is 35.5. The second kappa shape index (κ2) is 14.6. The van der Waals surface area contributed by atoms with Gasteiger partial charge in [0.1, 0.15) is 12.6 Å². The Morgan fingerprint density at radius 1 is 0.902 bits per heavy atom. The minimum atomic E-state index is -4.26. The summed E-state index contributed by atoms with van der Waals surface area (Å²) in [6.07, 6.45) is 1.65. The molecule has 0 aliphatic carbocycles. The highest BCUT2D eigenvalue weighted by molar-refractivity contribution is 7.92. The van der Waals surface area contributed by atoms with Crippen LogP contribution in [0.25, 0.3) is 0 Å². The Hall–Kier alpha value is -2.49. The van der Waals surface area contributed by atoms with Crippen molar-refractivity contribution in [1.29, 1.82) is 0 Å². The smallest absolute Gasteiger partial charge is 0.264 e. The topological polar surface area (TPSA) is 86.8 Å². The maximum absolute atomic E-state index is 14.0. The number of aryl methyl sites for hydroxylation is 1. The maximum atomic E-state index is 14.0. The van der Waals surface area contributed by atoms with Gasteiger partial charge in [0.25, 0.3) is 10.0 Å². The summed E-state index contributed by atoms with van der Waals surface area (Å²) in [6, 6.07) is 14.4. The molecule has 0 fully saturated rings. The fraction of sp³-hybridized carbons (Fsp3) is 0.310. The van der Waals surface area contributed by atoms with Gasteiger partial charge in [-0.2, -0.15) is 0 Å². The summed E-state index contributed by atoms with van der Waals surface area (Å²) in [5.41, 5.74) is 1.50. The zero-order valence-corrected chi connectivity index (χ0v) is 26.7. The number of hydrogen-bond donors (Lipinski definition) is 1. The number of rotatable bonds is 12. The van der Waals surface area contributed by atoms with Crippen molar-refractivity contribution in [3.63, 3.8) is 0 Å². The van der Waals surface area contributed by atoms with Gasteiger partial charge in [0.2, 0.25) is 11.8 Å². The van der Waals surface area contributed by atoms with E-state index in [1.165, 1.54) is 41.3 Å². The molecule has 0 saturated heterocycles. The number of unbranched alkanes of at least 4 members (excludes halogenated alkanes) is 1. The standard InChI is InChI=1S/C29H31Cl4N3O4S/c1-4-5-12-34-29(38)20(3)35(17-21-8-9-22(30)16-27(21)33)28(37)18-36(25-14-23(31)13-24(32)15-25)41(39,40)26-10-6-19(2)7-11-26/h6-11,13-16,20H,4-5,12,17-18H2,1-3H3,(H,34,38). The number of benzene rings is 3. The molecule has 2 amide bonds. The first kappa shape index (κ1) is 33.0. The number of sulfonamides is 1. The van der Waals surface area contributed by atoms with Crippen molar-refractivity contribution in [2.24, 2.45) is 0 Å². The fourth-order valence-electron chi connectivity index (χ4n) is 4.00. The summed E-state index contributed by atoms with van der Waals surface area (Å²) in [4.78, 5) is 28.3. The number of amides is 2. The number of carbonyl (C=O) groups excluding carboxylic acids is 2. The van der Waals surface area contributed by atoms with Gasteiger partial charge >= 0.3 is 0 Å². The predicted molar refractivity (Wildman–Crippen MR) is 167 cm³/mol. The lowest BCUT2D eigenvalue weighted by Gasteiger charge is -2.32. The third kappa shape index (κ3) is 8.75. The van der Waals surface area contributed by atoms with Crippen LogP contribution in [0.5, 0.6) is 0 Å². The van der Waals surface area contributed by atoms with Crippen molar-refractivity contribution in [3.05, 3.63) is 91.9 Å². The summed E-state index contributed by atoms with van der Waals surface area (Å²) in [5, 5.41) is 3.94. The van der Waals surface area contributed by atoms with Gasteiger partial charge in [-0.25, -0.2) is 8.42 Å². The first-order valence-corrected chi connectivity index (χ1v) is 15.8. The molecule has 0 radical (unpaired) electrons. The minimum absolute atomic E-state index is 0.0235. The maximum Gasteiger partial charge on any atom is 0.264 e. The van der Waals surface area contributed by atoms with Crippen LogP contribution in [0.1, 0.15) is 37.8 Å². The molecule has 0 spiro atoms. The van der Waals surface area contributed by atoms with Gasteiger partial charge in [-0.3, -0.25) is 13.9 Å². The van der Waals surface area contributed by atoms with E-state index in [9.17, 15) is 18.0 Å². The lowest BCUT2D eigenvalue weighted by molar-refractivity contribution is -0.139. The van der Waals surface area contributed by atoms with E-state index in [1.807, 2.05) is 13.8 Å². The lowest BCUT2D eigenvalue weighted by atomic mass is 10.1. The first-order valence-electron chi connectivity index (χ1n) is 12.9. The summed E-state index contributed by atoms with van der Waals surface area (Å²) in [5.74, 6) is -1.02. The van der Waals surface area contributed by atoms with E-state index >= 15 is 0 Å². The van der Waals surface area contributed by atoms with Crippen LogP contribution in [0.4, 0.5) is 5.69 Å². The quantitative estimate of drug-likeness (QED) is 0.210. The van der Waals surface area contributed by atoms with E-state index in [0.717, 1.165) is 22.7 Å². The molecule has 3 rings (SSSR count). The minimum Gasteiger partial charge on any atom is -0.354 e. The van der Waals surface area contributed by atoms with E-state index in [0.29, 0.717) is 22.2 Å². The van der Waals surface area contributed by atoms with Crippen LogP contribution in [-0.2, 0) is 26.2 Å². The van der Waals surface area contributed by atoms with Crippen LogP contribution in [0.3, 0.4) is 0 Å². The van der Waals surface area contributed by atoms with Gasteiger partial charge in [0.05, 0.1) is 10.6 Å². The number of halogens is 4. The third-order valence-electron chi connectivity index (χ3n) is 6.38. The van der Waals surface area contributed by atoms with Gasteiger partial charge in [-0.1, -0.05) is 83.5 Å². The van der Waals surface area contributed by atoms with Crippen molar-refractivity contribution in [3.8, 4) is 0 Å². The Bertz CT molecular complexity index is 1480. The highest BCUT2D eigenvalue weighted by Crippen LogP contribution is 2.30. The average Bonchev–Trinajstić information content (AvgIpc) is 2.90. The highest BCUT2D eigenvalue weighted by Gasteiger charge is 2.33. The summed E-state index contributed by atoms with van der Waals surface area (Å²) in [7, 11) is -4.26. The molecule has 1 N–H and O–H groups in total. The van der Waals surface area contributed by atoms with E-state index in [2.05, 4.69) is 5.32 Å². The average molecular weight is 659 g/mol. The molecule has 1 atom stereocenters. The van der Waals surface area contributed by atoms with Crippen LogP contribution in [0, 0.1) is 6.92 Å². The van der Waals surface area contributed by atoms with Crippen LogP contribution in [0.2, 0.25) is 20.1 Å². The third-order valence-corrected chi connectivity index (χ3v) is 9.19. The van der Waals surface area contributed by atoms with Gasteiger partial charge in [0, 0.05) is 33.2 Å². The first-order chi connectivity index (χ1) is 19.3. The van der Waals surface area contributed by atoms with E-state index in [-0.39, 0.29) is 33.1 Å². The molecule has 0 aromatic heterocycles. The molecule has 3 aromatic carbocycles. The molecule has 0 aliphatic heterocycles. The fourth-order valence-corrected chi connectivity index (χ4v) is 6.38. The molecular formula is C29H31Cl4N3O4S. The van der Waals surface area contributed by atoms with Crippen molar-refractivity contribution >= 4 is 73.9 Å². The molecule has 0 aliphatic rings. The second-order valence-electron chi connectivity index (χ2n) is 9.53. The van der Waals surface area contributed by atoms with Gasteiger partial charge in [0.15, 0.2) is 0 Å². The van der Waals surface area contributed by atoms with E-state index < -0.39 is 28.5 Å². The Labute approximate surface area is 261 Å². The molecule has 3 aromatic rings. The van der Waals surface area contributed by atoms with E-state index in [1.54, 1.807) is 31.2 Å². The molecule has 0 heterocycles. The Kier molecular flexibility index (Phi) is 11.8.